The summed E-state index contributed by atoms with van der Waals surface area (Å²) in [4.78, 5) is 3.45. The fourth-order valence-corrected chi connectivity index (χ4v) is 3.69. The van der Waals surface area contributed by atoms with Crippen LogP contribution in [0.25, 0.3) is 38.0 Å². The number of hydrogen-bond acceptors (Lipinski definition) is 1. The van der Waals surface area contributed by atoms with Gasteiger partial charge in [0, 0.05) is 36.6 Å². The van der Waals surface area contributed by atoms with Crippen LogP contribution in [0.5, 0.6) is 0 Å². The van der Waals surface area contributed by atoms with Crippen LogP contribution >= 0.6 is 0 Å². The van der Waals surface area contributed by atoms with Gasteiger partial charge in [-0.05, 0) is 48.8 Å². The molecule has 2 aromatic carbocycles. The number of aromatic nitrogens is 1. The molecule has 146 valence electrons. The van der Waals surface area contributed by atoms with Crippen molar-refractivity contribution in [2.75, 3.05) is 0 Å². The Balaban J connectivity index is 2.26. The highest BCUT2D eigenvalue weighted by Gasteiger charge is 2.24. The van der Waals surface area contributed by atoms with Crippen molar-refractivity contribution in [3.63, 3.8) is 0 Å². The van der Waals surface area contributed by atoms with Crippen LogP contribution in [0.4, 0.5) is 5.69 Å². The third-order valence-electron chi connectivity index (χ3n) is 5.11. The van der Waals surface area contributed by atoms with Crippen molar-refractivity contribution < 1.29 is 18.6 Å². The largest absolute Gasteiger partial charge is 0.456 e. The van der Waals surface area contributed by atoms with Gasteiger partial charge in [-0.1, -0.05) is 32.0 Å². The van der Waals surface area contributed by atoms with Crippen LogP contribution in [-0.2, 0) is 13.4 Å². The average molecular weight is 391 g/mol. The first-order chi connectivity index (χ1) is 16.6. The van der Waals surface area contributed by atoms with Crippen LogP contribution in [0.1, 0.15) is 45.8 Å². The van der Waals surface area contributed by atoms with Crippen molar-refractivity contribution >= 4 is 27.6 Å². The summed E-state index contributed by atoms with van der Waals surface area (Å²) in [6.45, 7) is 11.8. The van der Waals surface area contributed by atoms with Crippen molar-refractivity contribution in [2.24, 2.45) is 13.0 Å². The van der Waals surface area contributed by atoms with Gasteiger partial charge in [-0.3, -0.25) is 0 Å². The van der Waals surface area contributed by atoms with E-state index >= 15 is 0 Å². The molecule has 2 heterocycles. The monoisotopic (exact) mass is 390 g/mol. The molecule has 3 heteroatoms. The molecule has 0 saturated carbocycles. The molecule has 0 aliphatic heterocycles. The minimum Gasteiger partial charge on any atom is -0.456 e. The number of fused-ring (bicyclic) bond motifs is 3. The fourth-order valence-electron chi connectivity index (χ4n) is 3.69. The van der Waals surface area contributed by atoms with Crippen LogP contribution in [0.3, 0.4) is 0 Å². The lowest BCUT2D eigenvalue weighted by Crippen LogP contribution is -2.35. The fraction of sp³-hybridized carbons (Fsp3) is 0.308. The van der Waals surface area contributed by atoms with E-state index in [2.05, 4.69) is 4.85 Å². The minimum absolute atomic E-state index is 0.0121. The first-order valence-electron chi connectivity index (χ1n) is 13.0. The van der Waals surface area contributed by atoms with E-state index < -0.39 is 19.1 Å². The third kappa shape index (κ3) is 3.19. The van der Waals surface area contributed by atoms with Gasteiger partial charge in [0.05, 0.1) is 14.9 Å². The molecular weight excluding hydrogens is 356 g/mol. The summed E-state index contributed by atoms with van der Waals surface area (Å²) in [5.41, 5.74) is 2.89. The number of hydrogen-bond donors (Lipinski definition) is 0. The van der Waals surface area contributed by atoms with Crippen LogP contribution in [0.15, 0.2) is 40.8 Å². The van der Waals surface area contributed by atoms with E-state index in [-0.39, 0.29) is 28.8 Å². The molecule has 0 bridgehead atoms. The molecule has 0 unspecified atom stereocenters. The van der Waals surface area contributed by atoms with Crippen molar-refractivity contribution in [1.29, 1.82) is 0 Å². The molecule has 4 rings (SSSR count). The number of rotatable bonds is 3. The van der Waals surface area contributed by atoms with Gasteiger partial charge in [0.2, 0.25) is 5.69 Å². The Morgan fingerprint density at radius 2 is 2.03 bits per heavy atom. The second kappa shape index (κ2) is 7.04. The lowest BCUT2D eigenvalue weighted by atomic mass is 9.94. The Kier molecular flexibility index (Phi) is 3.02. The maximum absolute atomic E-state index is 9.08. The number of nitrogens with zero attached hydrogens (tertiary/aromatic N) is 2. The summed E-state index contributed by atoms with van der Waals surface area (Å²) < 4.78 is 67.5. The minimum atomic E-state index is -2.44. The highest BCUT2D eigenvalue weighted by molar-refractivity contribution is 6.12. The van der Waals surface area contributed by atoms with Crippen molar-refractivity contribution in [3.05, 3.63) is 70.2 Å². The van der Waals surface area contributed by atoms with Crippen molar-refractivity contribution in [1.82, 2.24) is 0 Å². The van der Waals surface area contributed by atoms with Crippen LogP contribution < -0.4 is 4.57 Å². The summed E-state index contributed by atoms with van der Waals surface area (Å²) in [5.74, 6) is -0.483. The van der Waals surface area contributed by atoms with Gasteiger partial charge in [0.15, 0.2) is 11.4 Å². The van der Waals surface area contributed by atoms with Gasteiger partial charge < -0.3 is 4.42 Å². The predicted octanol–water partition coefficient (Wildman–Crippen LogP) is 6.75. The molecule has 0 radical (unpaired) electrons. The van der Waals surface area contributed by atoms with E-state index in [0.29, 0.717) is 44.6 Å². The van der Waals surface area contributed by atoms with Crippen LogP contribution in [0.2, 0.25) is 0 Å². The first-order valence-corrected chi connectivity index (χ1v) is 9.51. The number of furan rings is 1. The summed E-state index contributed by atoms with van der Waals surface area (Å²) in [6, 6.07) is 6.24. The average Bonchev–Trinajstić information content (AvgIpc) is 3.15. The smallest absolute Gasteiger partial charge is 0.216 e. The topological polar surface area (TPSA) is 21.4 Å². The lowest BCUT2D eigenvalue weighted by molar-refractivity contribution is -0.666. The van der Waals surface area contributed by atoms with Gasteiger partial charge in [-0.25, -0.2) is 4.85 Å². The lowest BCUT2D eigenvalue weighted by Gasteiger charge is -2.12. The van der Waals surface area contributed by atoms with Gasteiger partial charge in [-0.15, -0.1) is 0 Å². The zero-order valence-electron chi connectivity index (χ0n) is 24.2. The maximum Gasteiger partial charge on any atom is 0.216 e. The second-order valence-electron chi connectivity index (χ2n) is 7.63. The molecule has 0 spiro atoms. The van der Waals surface area contributed by atoms with E-state index in [0.717, 1.165) is 0 Å². The van der Waals surface area contributed by atoms with Crippen molar-refractivity contribution in [2.45, 2.75) is 40.9 Å². The quantitative estimate of drug-likeness (QED) is 0.280. The highest BCUT2D eigenvalue weighted by Crippen LogP contribution is 2.40. The Morgan fingerprint density at radius 3 is 2.72 bits per heavy atom. The molecule has 0 fully saturated rings. The molecule has 0 atom stereocenters. The molecule has 4 aromatic rings. The summed E-state index contributed by atoms with van der Waals surface area (Å²) in [7, 11) is 1.71. The van der Waals surface area contributed by atoms with Gasteiger partial charge in [0.1, 0.15) is 18.2 Å². The van der Waals surface area contributed by atoms with E-state index in [1.807, 2.05) is 0 Å². The molecule has 2 aromatic heterocycles. The number of benzene rings is 2. The Labute approximate surface area is 182 Å². The normalized spacial score (nSPS) is 16.0. The second-order valence-corrected chi connectivity index (χ2v) is 7.63. The molecule has 0 N–H and O–H groups in total. The van der Waals surface area contributed by atoms with Crippen LogP contribution in [-0.4, -0.2) is 0 Å². The number of pyridine rings is 1. The molecule has 3 nitrogen and oxygen atoms in total. The molecular formula is C26H27N2O+. The summed E-state index contributed by atoms with van der Waals surface area (Å²) >= 11 is 0. The van der Waals surface area contributed by atoms with Crippen molar-refractivity contribution in [3.8, 4) is 11.3 Å². The van der Waals surface area contributed by atoms with Crippen LogP contribution in [0, 0.1) is 33.2 Å². The molecule has 0 aliphatic rings. The van der Waals surface area contributed by atoms with Gasteiger partial charge in [-0.2, -0.15) is 4.57 Å². The zero-order chi connectivity index (χ0) is 26.9. The Bertz CT molecular complexity index is 1590. The third-order valence-corrected chi connectivity index (χ3v) is 5.11. The molecule has 0 saturated heterocycles. The summed E-state index contributed by atoms with van der Waals surface area (Å²) in [5, 5.41) is 0.924. The molecule has 0 amide bonds. The van der Waals surface area contributed by atoms with Gasteiger partial charge in [0.25, 0.3) is 0 Å². The predicted molar refractivity (Wildman–Crippen MR) is 119 cm³/mol. The zero-order valence-corrected chi connectivity index (χ0v) is 17.2. The van der Waals surface area contributed by atoms with Gasteiger partial charge >= 0.3 is 0 Å². The van der Waals surface area contributed by atoms with E-state index in [1.54, 1.807) is 63.6 Å². The Morgan fingerprint density at radius 1 is 1.24 bits per heavy atom. The van der Waals surface area contributed by atoms with E-state index in [1.165, 1.54) is 0 Å². The molecule has 29 heavy (non-hydrogen) atoms. The highest BCUT2D eigenvalue weighted by atomic mass is 16.3. The maximum atomic E-state index is 9.08. The first kappa shape index (κ1) is 12.4. The standard InChI is InChI=1S/C26H27N2O/c1-15(2)10-19-12-18(5)28(7)22(13-19)25-17(4)11-16(3)24-21-9-8-20(27-6)14-23(21)29-26(24)25/h8-9,11-15H,10H2,1-5,7H3/q+1/i3D3,10D2,12D,13D. The summed E-state index contributed by atoms with van der Waals surface area (Å²) in [6.07, 6.45) is -1.94. The van der Waals surface area contributed by atoms with E-state index in [9.17, 15) is 0 Å². The SMILES string of the molecule is [2H]c1c(C([2H])([2H])C(C)C)c([2H])c(-c2c(C)cc(C([2H])([2H])[2H])c3c2oc2cc([N+]#[C-])ccc23)[n+](C)c1C. The Hall–Kier alpha value is -3.12. The number of aryl methyl sites for hydroxylation is 2. The van der Waals surface area contributed by atoms with E-state index in [4.69, 9.17) is 20.6 Å². The molecule has 0 aliphatic carbocycles.